The Hall–Kier alpha value is -2.74. The maximum Gasteiger partial charge on any atom is 0.235 e. The Bertz CT molecular complexity index is 915. The third-order valence-corrected chi connectivity index (χ3v) is 4.57. The summed E-state index contributed by atoms with van der Waals surface area (Å²) in [4.78, 5) is 17.2. The molecule has 0 aliphatic carbocycles. The van der Waals surface area contributed by atoms with Gasteiger partial charge in [-0.3, -0.25) is 14.5 Å². The van der Waals surface area contributed by atoms with Gasteiger partial charge >= 0.3 is 0 Å². The van der Waals surface area contributed by atoms with Crippen LogP contribution in [0, 0.1) is 12.8 Å². The Morgan fingerprint density at radius 2 is 2.24 bits per heavy atom. The van der Waals surface area contributed by atoms with E-state index in [9.17, 15) is 4.79 Å². The first-order valence-electron chi connectivity index (χ1n) is 8.34. The molecule has 0 saturated carbocycles. The number of carbonyl (C=O) groups is 1. The van der Waals surface area contributed by atoms with Crippen LogP contribution in [-0.2, 0) is 16.6 Å². The second-order valence-corrected chi connectivity index (χ2v) is 6.38. The van der Waals surface area contributed by atoms with Crippen LogP contribution in [0.1, 0.15) is 30.3 Å². The molecule has 3 aromatic heterocycles. The number of rotatable bonds is 3. The molecule has 2 atom stereocenters. The van der Waals surface area contributed by atoms with Crippen LogP contribution in [0.5, 0.6) is 0 Å². The molecule has 4 heterocycles. The van der Waals surface area contributed by atoms with Crippen LogP contribution in [0.2, 0.25) is 0 Å². The van der Waals surface area contributed by atoms with Gasteiger partial charge in [0.2, 0.25) is 11.9 Å². The highest BCUT2D eigenvalue weighted by Crippen LogP contribution is 2.33. The number of fused-ring (bicyclic) bond motifs is 1. The van der Waals surface area contributed by atoms with E-state index in [1.807, 2.05) is 43.1 Å². The number of carbonyl (C=O) groups excluding carboxylic acids is 1. The molecular weight excluding hydrogens is 320 g/mol. The van der Waals surface area contributed by atoms with Gasteiger partial charge in [0.15, 0.2) is 5.65 Å². The molecule has 8 nitrogen and oxygen atoms in total. The van der Waals surface area contributed by atoms with Gasteiger partial charge in [0.1, 0.15) is 11.9 Å². The highest BCUT2D eigenvalue weighted by Gasteiger charge is 2.35. The molecule has 25 heavy (non-hydrogen) atoms. The van der Waals surface area contributed by atoms with Crippen molar-refractivity contribution >= 4 is 17.5 Å². The van der Waals surface area contributed by atoms with E-state index in [1.54, 1.807) is 10.6 Å². The molecule has 1 amide bonds. The number of nitrogens with zero attached hydrogens (tertiary/aromatic N) is 5. The van der Waals surface area contributed by atoms with Gasteiger partial charge < -0.3 is 9.30 Å². The molecule has 1 N–H and O–H groups in total. The number of pyridine rings is 1. The number of hydrogen-bond donors (Lipinski definition) is 1. The Labute approximate surface area is 144 Å². The average Bonchev–Trinajstić information content (AvgIpc) is 3.21. The third kappa shape index (κ3) is 2.89. The SMILES string of the molecule is Cc1ccn2c(NC(=O)[C@@H]3CCCO[C@H]3c3nccn3C)nnc2c1. The van der Waals surface area contributed by atoms with Crippen LogP contribution >= 0.6 is 0 Å². The molecule has 1 saturated heterocycles. The Balaban J connectivity index is 1.59. The number of ether oxygens (including phenoxy) is 1. The molecule has 130 valence electrons. The van der Waals surface area contributed by atoms with Crippen molar-refractivity contribution in [3.63, 3.8) is 0 Å². The van der Waals surface area contributed by atoms with Crippen LogP contribution in [-0.4, -0.2) is 36.7 Å². The summed E-state index contributed by atoms with van der Waals surface area (Å²) in [6.45, 7) is 2.62. The minimum absolute atomic E-state index is 0.123. The topological polar surface area (TPSA) is 86.3 Å². The number of aromatic nitrogens is 5. The van der Waals surface area contributed by atoms with E-state index in [0.717, 1.165) is 24.2 Å². The molecule has 3 aromatic rings. The van der Waals surface area contributed by atoms with E-state index in [1.165, 1.54) is 0 Å². The van der Waals surface area contributed by atoms with E-state index in [-0.39, 0.29) is 17.9 Å². The van der Waals surface area contributed by atoms with Crippen molar-refractivity contribution in [2.45, 2.75) is 25.9 Å². The smallest absolute Gasteiger partial charge is 0.235 e. The predicted molar refractivity (Wildman–Crippen MR) is 91.0 cm³/mol. The maximum absolute atomic E-state index is 12.9. The monoisotopic (exact) mass is 340 g/mol. The van der Waals surface area contributed by atoms with Gasteiger partial charge in [-0.05, 0) is 37.5 Å². The first kappa shape index (κ1) is 15.8. The second kappa shape index (κ2) is 6.29. The van der Waals surface area contributed by atoms with Crippen molar-refractivity contribution in [3.05, 3.63) is 42.1 Å². The van der Waals surface area contributed by atoms with Crippen molar-refractivity contribution in [2.24, 2.45) is 13.0 Å². The first-order chi connectivity index (χ1) is 12.1. The second-order valence-electron chi connectivity index (χ2n) is 6.38. The number of hydrogen-bond acceptors (Lipinski definition) is 5. The number of imidazole rings is 1. The summed E-state index contributed by atoms with van der Waals surface area (Å²) in [5.41, 5.74) is 1.80. The normalized spacial score (nSPS) is 20.7. The molecule has 1 fully saturated rings. The summed E-state index contributed by atoms with van der Waals surface area (Å²) in [7, 11) is 1.91. The van der Waals surface area contributed by atoms with Crippen molar-refractivity contribution in [1.82, 2.24) is 24.1 Å². The first-order valence-corrected chi connectivity index (χ1v) is 8.34. The molecule has 1 aliphatic rings. The zero-order valence-corrected chi connectivity index (χ0v) is 14.2. The maximum atomic E-state index is 12.9. The highest BCUT2D eigenvalue weighted by molar-refractivity contribution is 5.91. The molecule has 1 aliphatic heterocycles. The summed E-state index contributed by atoms with van der Waals surface area (Å²) in [6.07, 6.45) is 6.68. The van der Waals surface area contributed by atoms with Gasteiger partial charge in [0.25, 0.3) is 0 Å². The Kier molecular flexibility index (Phi) is 3.96. The Morgan fingerprint density at radius 1 is 1.36 bits per heavy atom. The van der Waals surface area contributed by atoms with Crippen LogP contribution in [0.3, 0.4) is 0 Å². The van der Waals surface area contributed by atoms with Crippen LogP contribution in [0.15, 0.2) is 30.7 Å². The Morgan fingerprint density at radius 3 is 3.04 bits per heavy atom. The minimum Gasteiger partial charge on any atom is -0.369 e. The van der Waals surface area contributed by atoms with Crippen molar-refractivity contribution < 1.29 is 9.53 Å². The lowest BCUT2D eigenvalue weighted by Gasteiger charge is -2.30. The summed E-state index contributed by atoms with van der Waals surface area (Å²) in [5, 5.41) is 11.1. The highest BCUT2D eigenvalue weighted by atomic mass is 16.5. The van der Waals surface area contributed by atoms with E-state index in [2.05, 4.69) is 20.5 Å². The molecule has 0 unspecified atom stereocenters. The molecule has 0 spiro atoms. The minimum atomic E-state index is -0.352. The molecule has 8 heteroatoms. The fraction of sp³-hybridized carbons (Fsp3) is 0.412. The summed E-state index contributed by atoms with van der Waals surface area (Å²) >= 11 is 0. The zero-order valence-electron chi connectivity index (χ0n) is 14.2. The van der Waals surface area contributed by atoms with Crippen molar-refractivity contribution in [2.75, 3.05) is 11.9 Å². The van der Waals surface area contributed by atoms with Gasteiger partial charge in [-0.15, -0.1) is 10.2 Å². The standard InChI is InChI=1S/C17H20N6O2/c1-11-5-7-23-13(10-11)20-21-17(23)19-16(24)12-4-3-9-25-14(12)15-18-6-8-22(15)2/h5-8,10,12,14H,3-4,9H2,1-2H3,(H,19,21,24)/t12-,14-/m1/s1. The molecule has 0 aromatic carbocycles. The summed E-state index contributed by atoms with van der Waals surface area (Å²) < 4.78 is 9.53. The van der Waals surface area contributed by atoms with Gasteiger partial charge in [0.05, 0.1) is 5.92 Å². The lowest BCUT2D eigenvalue weighted by molar-refractivity contribution is -0.130. The summed E-state index contributed by atoms with van der Waals surface area (Å²) in [5.74, 6) is 0.751. The van der Waals surface area contributed by atoms with Crippen LogP contribution in [0.4, 0.5) is 5.95 Å². The van der Waals surface area contributed by atoms with Gasteiger partial charge in [-0.1, -0.05) is 0 Å². The molecule has 0 radical (unpaired) electrons. The quantitative estimate of drug-likeness (QED) is 0.787. The molecular formula is C17H20N6O2. The van der Waals surface area contributed by atoms with E-state index in [4.69, 9.17) is 4.74 Å². The van der Waals surface area contributed by atoms with Crippen molar-refractivity contribution in [3.8, 4) is 0 Å². The van der Waals surface area contributed by atoms with Gasteiger partial charge in [-0.2, -0.15) is 0 Å². The lowest BCUT2D eigenvalue weighted by atomic mass is 9.92. The molecule has 0 bridgehead atoms. The van der Waals surface area contributed by atoms with E-state index >= 15 is 0 Å². The fourth-order valence-electron chi connectivity index (χ4n) is 3.24. The fourth-order valence-corrected chi connectivity index (χ4v) is 3.24. The zero-order chi connectivity index (χ0) is 17.4. The van der Waals surface area contributed by atoms with E-state index in [0.29, 0.717) is 18.2 Å². The summed E-state index contributed by atoms with van der Waals surface area (Å²) in [6, 6.07) is 3.87. The van der Waals surface area contributed by atoms with Gasteiger partial charge in [0, 0.05) is 32.2 Å². The number of amides is 1. The lowest BCUT2D eigenvalue weighted by Crippen LogP contribution is -2.34. The number of aryl methyl sites for hydroxylation is 2. The largest absolute Gasteiger partial charge is 0.369 e. The number of nitrogens with one attached hydrogen (secondary N) is 1. The average molecular weight is 340 g/mol. The predicted octanol–water partition coefficient (Wildman–Crippen LogP) is 1.88. The third-order valence-electron chi connectivity index (χ3n) is 4.57. The van der Waals surface area contributed by atoms with Gasteiger partial charge in [-0.25, -0.2) is 4.98 Å². The van der Waals surface area contributed by atoms with E-state index < -0.39 is 0 Å². The van der Waals surface area contributed by atoms with Crippen LogP contribution < -0.4 is 5.32 Å². The van der Waals surface area contributed by atoms with Crippen molar-refractivity contribution in [1.29, 1.82) is 0 Å². The number of anilines is 1. The molecule has 4 rings (SSSR count). The van der Waals surface area contributed by atoms with Crippen LogP contribution in [0.25, 0.3) is 5.65 Å².